The third-order valence-corrected chi connectivity index (χ3v) is 21.6. The molecule has 10 N–H and O–H groups in total. The van der Waals surface area contributed by atoms with Crippen LogP contribution in [0.1, 0.15) is 52.4 Å². The van der Waals surface area contributed by atoms with Crippen molar-refractivity contribution in [3.8, 4) is 39.1 Å². The summed E-state index contributed by atoms with van der Waals surface area (Å²) in [5.41, 5.74) is -7.76. The molecule has 1 aliphatic carbocycles. The van der Waals surface area contributed by atoms with Gasteiger partial charge in [-0.3, -0.25) is 14.2 Å². The molecule has 107 heavy (non-hydrogen) atoms. The number of hydrogen-bond acceptors (Lipinski definition) is 14. The Morgan fingerprint density at radius 3 is 1.19 bits per heavy atom. The van der Waals surface area contributed by atoms with Crippen LogP contribution in [-0.4, -0.2) is 94.9 Å². The second-order valence-electron chi connectivity index (χ2n) is 23.9. The molecule has 1 fully saturated rings. The summed E-state index contributed by atoms with van der Waals surface area (Å²) in [6.45, 7) is 0. The van der Waals surface area contributed by atoms with Gasteiger partial charge < -0.3 is 19.7 Å². The number of nitrogens with two attached hydrogens (primary N) is 2. The number of halogens is 12. The topological polar surface area (TPSA) is 354 Å². The Kier molecular flexibility index (Phi) is 21.5. The molecule has 13 rings (SSSR count). The molecule has 2 atom stereocenters. The van der Waals surface area contributed by atoms with Gasteiger partial charge in [-0.25, -0.2) is 42.1 Å². The van der Waals surface area contributed by atoms with Gasteiger partial charge in [0.15, 0.2) is 0 Å². The van der Waals surface area contributed by atoms with Crippen molar-refractivity contribution in [3.63, 3.8) is 0 Å². The van der Waals surface area contributed by atoms with Gasteiger partial charge in [-0.1, -0.05) is 109 Å². The lowest BCUT2D eigenvalue weighted by Gasteiger charge is -2.14. The second kappa shape index (κ2) is 29.6. The van der Waals surface area contributed by atoms with E-state index in [4.69, 9.17) is 10.3 Å². The number of para-hydroxylation sites is 1. The lowest BCUT2D eigenvalue weighted by molar-refractivity contribution is -0.274. The van der Waals surface area contributed by atoms with Crippen LogP contribution in [-0.2, 0) is 75.8 Å². The molecular formula is C68H55F12N11O11S5. The first kappa shape index (κ1) is 77.5. The average Bonchev–Trinajstić information content (AvgIpc) is 1.64. The number of nitrogens with zero attached hydrogens (tertiary/aromatic N) is 3. The maximum absolute atomic E-state index is 12.9. The minimum Gasteiger partial charge on any atom is -0.406 e. The van der Waals surface area contributed by atoms with Crippen LogP contribution < -0.4 is 29.2 Å². The molecule has 9 aromatic carbocycles. The maximum Gasteiger partial charge on any atom is 0.573 e. The molecular weight excluding hydrogens is 1540 g/mol. The molecule has 2 unspecified atom stereocenters. The number of H-pyrrole nitrogens is 3. The number of hydrogen-bond donors (Lipinski definition) is 8. The van der Waals surface area contributed by atoms with Gasteiger partial charge in [0, 0.05) is 46.8 Å². The minimum absolute atomic E-state index is 0.0139. The summed E-state index contributed by atoms with van der Waals surface area (Å²) in [6, 6.07) is 50.8. The van der Waals surface area contributed by atoms with Crippen molar-refractivity contribution in [1.82, 2.24) is 29.9 Å². The molecule has 0 spiro atoms. The molecule has 3 heterocycles. The largest absolute Gasteiger partial charge is 0.573 e. The Balaban J connectivity index is 0.000000160. The summed E-state index contributed by atoms with van der Waals surface area (Å²) >= 11 is 0. The fraction of sp³-hybridized carbons (Fsp3) is 0.162. The number of anilines is 3. The van der Waals surface area contributed by atoms with Gasteiger partial charge in [0.1, 0.15) is 23.2 Å². The first-order chi connectivity index (χ1) is 50.0. The van der Waals surface area contributed by atoms with E-state index >= 15 is 0 Å². The zero-order valence-electron chi connectivity index (χ0n) is 54.3. The van der Waals surface area contributed by atoms with E-state index in [0.29, 0.717) is 92.8 Å². The molecule has 0 saturated heterocycles. The summed E-state index contributed by atoms with van der Waals surface area (Å²) < 4.78 is 275. The molecule has 39 heteroatoms. The molecule has 1 saturated carbocycles. The van der Waals surface area contributed by atoms with E-state index in [1.165, 1.54) is 100 Å². The summed E-state index contributed by atoms with van der Waals surface area (Å²) in [5, 5.41) is 10.7. The van der Waals surface area contributed by atoms with E-state index in [2.05, 4.69) is 34.6 Å². The first-order valence-corrected chi connectivity index (χ1v) is 38.6. The highest BCUT2D eigenvalue weighted by Gasteiger charge is 2.48. The molecule has 0 amide bonds. The first-order valence-electron chi connectivity index (χ1n) is 31.1. The highest BCUT2D eigenvalue weighted by atomic mass is 32.2. The number of alkyl halides is 12. The van der Waals surface area contributed by atoms with Crippen LogP contribution in [0.2, 0.25) is 0 Å². The SMILES string of the molecule is NS(=O)(=O)c1ccccc1-c1ccc2nc(C3CC3c3ccc(OC(F)(F)F)cc3)[nH]c2c1.NS(=O)(=O)c1ccccc1-c1ccc2nc(CCc3ccc(NS(=O)(=O)C(F)(F)F)cc3)[nH]c2c1.O=S(=O)(Nc1ccc(CCc2nc3ccc(-c4ccccc4NS(=O)(=O)C(F)(F)F)cc3[nH]2)cc1)C(F)(F)F. The molecule has 0 bridgehead atoms. The van der Waals surface area contributed by atoms with Crippen molar-refractivity contribution in [2.24, 2.45) is 10.3 Å². The summed E-state index contributed by atoms with van der Waals surface area (Å²) in [4.78, 5) is 23.2. The van der Waals surface area contributed by atoms with E-state index < -0.39 is 73.0 Å². The molecule has 1 aliphatic rings. The van der Waals surface area contributed by atoms with Crippen LogP contribution in [0, 0.1) is 0 Å². The zero-order valence-corrected chi connectivity index (χ0v) is 58.4. The second-order valence-corrected chi connectivity index (χ2v) is 32.0. The monoisotopic (exact) mass is 1590 g/mol. The summed E-state index contributed by atoms with van der Waals surface area (Å²) in [5.74, 6) is 1.98. The van der Waals surface area contributed by atoms with Crippen molar-refractivity contribution in [3.05, 3.63) is 234 Å². The number of aromatic nitrogens is 6. The number of aromatic amines is 3. The van der Waals surface area contributed by atoms with Gasteiger partial charge in [0.05, 0.1) is 48.6 Å². The molecule has 0 radical (unpaired) electrons. The molecule has 0 aliphatic heterocycles. The number of fused-ring (bicyclic) bond motifs is 3. The van der Waals surface area contributed by atoms with Crippen LogP contribution >= 0.6 is 0 Å². The third-order valence-electron chi connectivity index (χ3n) is 16.4. The van der Waals surface area contributed by atoms with E-state index in [-0.39, 0.29) is 50.0 Å². The predicted molar refractivity (Wildman–Crippen MR) is 374 cm³/mol. The standard InChI is InChI=1S/C23H18F6N4O4S2.C23H18F3N3O3S.C22H19F3N4O4S2/c24-22(25,26)38(34,35)32-16-9-5-14(6-10-16)7-12-21-30-19-11-8-15(13-20(19)31-21)17-3-1-2-4-18(17)33-39(36,37)23(27,28)29;24-23(25,26)32-15-8-5-13(6-9-15)17-12-18(17)22-28-19-10-7-14(11-20(19)29-22)16-3-1-2-4-21(16)33(27,30)31;23-22(24,25)35(32,33)29-16-9-5-14(6-10-16)7-12-21-27-18-11-8-15(13-19(18)28-21)17-3-1-2-4-20(17)34(26,30)31/h1-6,8-11,13,32-33H,7,12H2,(H,30,31);1-11,17-18H,12H2,(H,28,29)(H2,27,30,31);1-6,8-11,13,29H,7,12H2,(H,27,28)(H2,26,30,31). The Labute approximate surface area is 600 Å². The molecule has 3 aromatic heterocycles. The van der Waals surface area contributed by atoms with E-state index in [1.807, 2.05) is 12.1 Å². The molecule has 562 valence electrons. The van der Waals surface area contributed by atoms with Gasteiger partial charge in [-0.2, -0.15) is 64.8 Å². The maximum atomic E-state index is 12.9. The van der Waals surface area contributed by atoms with E-state index in [0.717, 1.165) is 34.4 Å². The lowest BCUT2D eigenvalue weighted by Crippen LogP contribution is -2.30. The van der Waals surface area contributed by atoms with Crippen LogP contribution in [0.15, 0.2) is 210 Å². The summed E-state index contributed by atoms with van der Waals surface area (Å²) in [6.07, 6.45) is -2.15. The summed E-state index contributed by atoms with van der Waals surface area (Å²) in [7, 11) is -24.4. The van der Waals surface area contributed by atoms with E-state index in [1.54, 1.807) is 102 Å². The minimum atomic E-state index is -5.63. The number of rotatable bonds is 20. The van der Waals surface area contributed by atoms with Gasteiger partial charge in [0.2, 0.25) is 20.0 Å². The fourth-order valence-corrected chi connectivity index (χ4v) is 14.4. The highest BCUT2D eigenvalue weighted by Crippen LogP contribution is 2.54. The van der Waals surface area contributed by atoms with Crippen LogP contribution in [0.25, 0.3) is 66.5 Å². The van der Waals surface area contributed by atoms with Crippen LogP contribution in [0.4, 0.5) is 69.7 Å². The van der Waals surface area contributed by atoms with Crippen molar-refractivity contribution < 1.29 is 99.5 Å². The number of primary sulfonamides is 2. The zero-order chi connectivity index (χ0) is 77.5. The number of sulfonamides is 5. The smallest absolute Gasteiger partial charge is 0.406 e. The van der Waals surface area contributed by atoms with Crippen molar-refractivity contribution in [1.29, 1.82) is 0 Å². The van der Waals surface area contributed by atoms with Gasteiger partial charge in [-0.15, -0.1) is 13.2 Å². The Morgan fingerprint density at radius 2 is 0.776 bits per heavy atom. The van der Waals surface area contributed by atoms with Gasteiger partial charge in [-0.05, 0) is 150 Å². The third kappa shape index (κ3) is 18.8. The van der Waals surface area contributed by atoms with Crippen molar-refractivity contribution in [2.45, 2.75) is 76.6 Å². The number of nitrogens with one attached hydrogen (secondary N) is 6. The van der Waals surface area contributed by atoms with Gasteiger partial charge in [0.25, 0.3) is 0 Å². The number of aryl methyl sites for hydroxylation is 4. The predicted octanol–water partition coefficient (Wildman–Crippen LogP) is 14.5. The highest BCUT2D eigenvalue weighted by molar-refractivity contribution is 7.94. The Hall–Kier alpha value is -10.6. The Morgan fingerprint density at radius 1 is 0.402 bits per heavy atom. The van der Waals surface area contributed by atoms with Crippen LogP contribution in [0.3, 0.4) is 0 Å². The average molecular weight is 1590 g/mol. The fourth-order valence-electron chi connectivity index (χ4n) is 11.2. The number of imidazole rings is 3. The van der Waals surface area contributed by atoms with Crippen molar-refractivity contribution in [2.75, 3.05) is 14.2 Å². The quantitative estimate of drug-likeness (QED) is 0.0329. The van der Waals surface area contributed by atoms with Gasteiger partial charge >= 0.3 is 53.0 Å². The molecule has 22 nitrogen and oxygen atoms in total. The van der Waals surface area contributed by atoms with E-state index in [9.17, 15) is 94.8 Å². The number of benzene rings is 9. The lowest BCUT2D eigenvalue weighted by atomic mass is 10.0. The van der Waals surface area contributed by atoms with Crippen LogP contribution in [0.5, 0.6) is 5.75 Å². The normalized spacial score (nSPS) is 14.6. The number of ether oxygens (including phenoxy) is 1. The van der Waals surface area contributed by atoms with Crippen molar-refractivity contribution >= 4 is 100 Å². The Bertz CT molecular complexity index is 5910. The molecule has 12 aromatic rings.